The summed E-state index contributed by atoms with van der Waals surface area (Å²) in [6.07, 6.45) is 4.37. The van der Waals surface area contributed by atoms with Gasteiger partial charge in [-0.25, -0.2) is 4.79 Å². The molecule has 9 heteroatoms. The average molecular weight is 607 g/mol. The molecule has 3 N–H and O–H groups in total. The normalized spacial score (nSPS) is 11.5. The van der Waals surface area contributed by atoms with Gasteiger partial charge in [0.15, 0.2) is 13.1 Å². The molecule has 0 bridgehead atoms. The molecular formula is C35H42O9. The highest BCUT2D eigenvalue weighted by molar-refractivity contribution is 5.87. The lowest BCUT2D eigenvalue weighted by Gasteiger charge is -2.15. The SMILES string of the molecule is C=C(CO)C(=O)OCOc1ccc(-c2ccc(-c3ccc(OCOC(O)C(=C)CO)cc3)cc2OCCCCCCC)cc1. The molecule has 1 unspecified atom stereocenters. The molecule has 0 radical (unpaired) electrons. The van der Waals surface area contributed by atoms with Crippen LogP contribution < -0.4 is 14.2 Å². The number of ether oxygens (including phenoxy) is 5. The summed E-state index contributed by atoms with van der Waals surface area (Å²) in [6, 6.07) is 20.9. The van der Waals surface area contributed by atoms with Crippen LogP contribution in [0.25, 0.3) is 22.3 Å². The lowest BCUT2D eigenvalue weighted by molar-refractivity contribution is -0.145. The molecule has 0 amide bonds. The van der Waals surface area contributed by atoms with Gasteiger partial charge in [-0.05, 0) is 53.4 Å². The molecule has 236 valence electrons. The minimum absolute atomic E-state index is 0.0397. The Morgan fingerprint density at radius 2 is 1.36 bits per heavy atom. The fourth-order valence-electron chi connectivity index (χ4n) is 4.10. The molecule has 1 atom stereocenters. The second-order valence-corrected chi connectivity index (χ2v) is 10.1. The quantitative estimate of drug-likeness (QED) is 0.0466. The van der Waals surface area contributed by atoms with Crippen molar-refractivity contribution < 1.29 is 43.8 Å². The number of hydrogen-bond acceptors (Lipinski definition) is 9. The molecule has 0 fully saturated rings. The second kappa shape index (κ2) is 18.5. The topological polar surface area (TPSA) is 124 Å². The van der Waals surface area contributed by atoms with E-state index in [1.165, 1.54) is 19.3 Å². The Kier molecular flexibility index (Phi) is 14.4. The fraction of sp³-hybridized carbons (Fsp3) is 0.343. The fourth-order valence-corrected chi connectivity index (χ4v) is 4.10. The van der Waals surface area contributed by atoms with Crippen molar-refractivity contribution in [3.05, 3.63) is 91.0 Å². The number of hydrogen-bond donors (Lipinski definition) is 3. The van der Waals surface area contributed by atoms with Gasteiger partial charge in [-0.2, -0.15) is 0 Å². The van der Waals surface area contributed by atoms with E-state index in [9.17, 15) is 9.90 Å². The van der Waals surface area contributed by atoms with Gasteiger partial charge in [-0.1, -0.05) is 82.2 Å². The van der Waals surface area contributed by atoms with Crippen molar-refractivity contribution in [2.75, 3.05) is 33.4 Å². The van der Waals surface area contributed by atoms with Crippen LogP contribution in [0, 0.1) is 0 Å². The first-order chi connectivity index (χ1) is 21.4. The van der Waals surface area contributed by atoms with Crippen molar-refractivity contribution in [2.45, 2.75) is 45.3 Å². The van der Waals surface area contributed by atoms with Gasteiger partial charge in [0.1, 0.15) is 17.2 Å². The maximum absolute atomic E-state index is 11.6. The Morgan fingerprint density at radius 1 is 0.750 bits per heavy atom. The van der Waals surface area contributed by atoms with Crippen molar-refractivity contribution >= 4 is 5.97 Å². The smallest absolute Gasteiger partial charge is 0.338 e. The van der Waals surface area contributed by atoms with E-state index in [1.807, 2.05) is 54.6 Å². The number of aliphatic hydroxyl groups is 3. The largest absolute Gasteiger partial charge is 0.493 e. The number of benzene rings is 3. The third kappa shape index (κ3) is 10.8. The second-order valence-electron chi connectivity index (χ2n) is 10.1. The molecule has 3 rings (SSSR count). The maximum Gasteiger partial charge on any atom is 0.338 e. The average Bonchev–Trinajstić information content (AvgIpc) is 3.06. The van der Waals surface area contributed by atoms with E-state index in [0.29, 0.717) is 18.1 Å². The molecule has 0 aliphatic carbocycles. The highest BCUT2D eigenvalue weighted by Gasteiger charge is 2.12. The van der Waals surface area contributed by atoms with Gasteiger partial charge in [0.25, 0.3) is 0 Å². The minimum Gasteiger partial charge on any atom is -0.493 e. The Bertz CT molecular complexity index is 1330. The molecular weight excluding hydrogens is 564 g/mol. The number of carbonyl (C=O) groups is 1. The summed E-state index contributed by atoms with van der Waals surface area (Å²) in [5.74, 6) is 1.13. The minimum atomic E-state index is -1.30. The number of esters is 1. The number of carbonyl (C=O) groups excluding carboxylic acids is 1. The van der Waals surface area contributed by atoms with Gasteiger partial charge < -0.3 is 39.0 Å². The summed E-state index contributed by atoms with van der Waals surface area (Å²) >= 11 is 0. The van der Waals surface area contributed by atoms with Crippen LogP contribution in [-0.2, 0) is 14.3 Å². The zero-order valence-corrected chi connectivity index (χ0v) is 25.2. The number of rotatable bonds is 20. The highest BCUT2D eigenvalue weighted by Crippen LogP contribution is 2.36. The third-order valence-electron chi connectivity index (χ3n) is 6.74. The molecule has 3 aromatic rings. The molecule has 0 aliphatic rings. The number of aliphatic hydroxyl groups excluding tert-OH is 3. The Hall–Kier alpha value is -4.15. The molecule has 0 spiro atoms. The molecule has 0 aromatic heterocycles. The van der Waals surface area contributed by atoms with Crippen molar-refractivity contribution in [3.63, 3.8) is 0 Å². The van der Waals surface area contributed by atoms with Gasteiger partial charge >= 0.3 is 5.97 Å². The van der Waals surface area contributed by atoms with Crippen molar-refractivity contribution in [2.24, 2.45) is 0 Å². The van der Waals surface area contributed by atoms with E-state index in [4.69, 9.17) is 33.9 Å². The summed E-state index contributed by atoms with van der Waals surface area (Å²) in [7, 11) is 0. The third-order valence-corrected chi connectivity index (χ3v) is 6.74. The molecule has 0 heterocycles. The van der Waals surface area contributed by atoms with Crippen LogP contribution in [0.4, 0.5) is 0 Å². The molecule has 3 aromatic carbocycles. The van der Waals surface area contributed by atoms with Gasteiger partial charge in [-0.15, -0.1) is 0 Å². The molecule has 0 saturated heterocycles. The Labute approximate surface area is 258 Å². The predicted octanol–water partition coefficient (Wildman–Crippen LogP) is 6.02. The first kappa shape index (κ1) is 34.3. The summed E-state index contributed by atoms with van der Waals surface area (Å²) in [5.41, 5.74) is 3.92. The molecule has 9 nitrogen and oxygen atoms in total. The lowest BCUT2D eigenvalue weighted by Crippen LogP contribution is -2.19. The van der Waals surface area contributed by atoms with Crippen LogP contribution in [0.15, 0.2) is 91.0 Å². The van der Waals surface area contributed by atoms with Gasteiger partial charge in [0.2, 0.25) is 6.79 Å². The summed E-state index contributed by atoms with van der Waals surface area (Å²) < 4.78 is 27.4. The molecule has 44 heavy (non-hydrogen) atoms. The highest BCUT2D eigenvalue weighted by atomic mass is 16.7. The first-order valence-corrected chi connectivity index (χ1v) is 14.6. The predicted molar refractivity (Wildman–Crippen MR) is 168 cm³/mol. The van der Waals surface area contributed by atoms with Gasteiger partial charge in [-0.3, -0.25) is 0 Å². The summed E-state index contributed by atoms with van der Waals surface area (Å²) in [6.45, 7) is 8.41. The molecule has 0 saturated carbocycles. The van der Waals surface area contributed by atoms with E-state index in [-0.39, 0.29) is 31.3 Å². The zero-order chi connectivity index (χ0) is 31.7. The van der Waals surface area contributed by atoms with E-state index in [2.05, 4.69) is 20.1 Å². The summed E-state index contributed by atoms with van der Waals surface area (Å²) in [5, 5.41) is 27.7. The van der Waals surface area contributed by atoms with Crippen molar-refractivity contribution in [1.29, 1.82) is 0 Å². The van der Waals surface area contributed by atoms with E-state index in [1.54, 1.807) is 12.1 Å². The Balaban J connectivity index is 1.70. The van der Waals surface area contributed by atoms with Crippen LogP contribution in [0.1, 0.15) is 39.0 Å². The summed E-state index contributed by atoms with van der Waals surface area (Å²) in [4.78, 5) is 11.6. The van der Waals surface area contributed by atoms with Crippen molar-refractivity contribution in [1.82, 2.24) is 0 Å². The first-order valence-electron chi connectivity index (χ1n) is 14.6. The zero-order valence-electron chi connectivity index (χ0n) is 25.2. The standard InChI is InChI=1S/C35H42O9/c1-4-5-6-7-8-19-40-33-20-29(27-9-14-30(15-10-27)41-23-43-34(38)25(2)21-36)13-18-32(33)28-11-16-31(17-12-28)42-24-44-35(39)26(3)22-37/h9-18,20,34,36-38H,2-8,19,21-24H2,1H3. The Morgan fingerprint density at radius 3 is 2.00 bits per heavy atom. The molecule has 0 aliphatic heterocycles. The van der Waals surface area contributed by atoms with Crippen LogP contribution in [0.3, 0.4) is 0 Å². The number of unbranched alkanes of at least 4 members (excludes halogenated alkanes) is 4. The lowest BCUT2D eigenvalue weighted by atomic mass is 9.99. The van der Waals surface area contributed by atoms with Crippen molar-refractivity contribution in [3.8, 4) is 39.5 Å². The van der Waals surface area contributed by atoms with Crippen LogP contribution >= 0.6 is 0 Å². The van der Waals surface area contributed by atoms with Crippen LogP contribution in [0.5, 0.6) is 17.2 Å². The van der Waals surface area contributed by atoms with E-state index < -0.39 is 18.9 Å². The van der Waals surface area contributed by atoms with E-state index >= 15 is 0 Å². The van der Waals surface area contributed by atoms with Gasteiger partial charge in [0, 0.05) is 11.1 Å². The van der Waals surface area contributed by atoms with Crippen LogP contribution in [-0.4, -0.2) is 61.0 Å². The van der Waals surface area contributed by atoms with Crippen LogP contribution in [0.2, 0.25) is 0 Å². The van der Waals surface area contributed by atoms with E-state index in [0.717, 1.165) is 40.8 Å². The maximum atomic E-state index is 11.6. The monoisotopic (exact) mass is 606 g/mol. The van der Waals surface area contributed by atoms with Gasteiger partial charge in [0.05, 0.1) is 25.4 Å².